The third kappa shape index (κ3) is 5.92. The third-order valence-corrected chi connectivity index (χ3v) is 6.54. The number of benzene rings is 2. The van der Waals surface area contributed by atoms with Crippen LogP contribution in [0.1, 0.15) is 53.4 Å². The highest BCUT2D eigenvalue weighted by molar-refractivity contribution is 5.35. The molecule has 194 valence electrons. The van der Waals surface area contributed by atoms with Gasteiger partial charge >= 0.3 is 12.4 Å². The zero-order valence-corrected chi connectivity index (χ0v) is 19.7. The summed E-state index contributed by atoms with van der Waals surface area (Å²) in [6.07, 6.45) is -6.97. The van der Waals surface area contributed by atoms with Crippen LogP contribution in [0.15, 0.2) is 60.9 Å². The summed E-state index contributed by atoms with van der Waals surface area (Å²) in [6, 6.07) is 10.9. The summed E-state index contributed by atoms with van der Waals surface area (Å²) in [5, 5.41) is 0. The van der Waals surface area contributed by atoms with Crippen LogP contribution in [-0.4, -0.2) is 22.4 Å². The maximum absolute atomic E-state index is 13.4. The molecular weight excluding hydrogens is 486 g/mol. The fourth-order valence-corrected chi connectivity index (χ4v) is 4.62. The lowest BCUT2D eigenvalue weighted by Gasteiger charge is -2.39. The van der Waals surface area contributed by atoms with Gasteiger partial charge in [0.05, 0.1) is 23.8 Å². The van der Waals surface area contributed by atoms with E-state index >= 15 is 0 Å². The van der Waals surface area contributed by atoms with E-state index < -0.39 is 35.9 Å². The normalized spacial score (nSPS) is 21.9. The number of rotatable bonds is 6. The molecule has 3 aromatic rings. The molecule has 2 aromatic carbocycles. The van der Waals surface area contributed by atoms with Gasteiger partial charge in [-0.25, -0.2) is 4.98 Å². The van der Waals surface area contributed by atoms with Crippen molar-refractivity contribution in [2.75, 3.05) is 6.61 Å². The number of imidazole rings is 1. The highest BCUT2D eigenvalue weighted by Crippen LogP contribution is 2.42. The second-order valence-corrected chi connectivity index (χ2v) is 9.00. The van der Waals surface area contributed by atoms with Gasteiger partial charge < -0.3 is 14.0 Å². The van der Waals surface area contributed by atoms with Crippen LogP contribution in [0, 0.1) is 5.92 Å². The maximum Gasteiger partial charge on any atom is 0.416 e. The Morgan fingerprint density at radius 2 is 1.67 bits per heavy atom. The highest BCUT2D eigenvalue weighted by Gasteiger charge is 2.40. The van der Waals surface area contributed by atoms with Gasteiger partial charge in [0.25, 0.3) is 0 Å². The average molecular weight is 512 g/mol. The van der Waals surface area contributed by atoms with E-state index in [1.54, 1.807) is 6.20 Å². The van der Waals surface area contributed by atoms with Crippen molar-refractivity contribution in [3.8, 4) is 0 Å². The molecule has 0 bridgehead atoms. The van der Waals surface area contributed by atoms with Gasteiger partial charge in [-0.05, 0) is 48.6 Å². The predicted molar refractivity (Wildman–Crippen MR) is 120 cm³/mol. The third-order valence-electron chi connectivity index (χ3n) is 6.54. The Balaban J connectivity index is 1.65. The van der Waals surface area contributed by atoms with E-state index in [4.69, 9.17) is 9.47 Å². The zero-order valence-electron chi connectivity index (χ0n) is 19.7. The lowest BCUT2D eigenvalue weighted by molar-refractivity contribution is -0.209. The van der Waals surface area contributed by atoms with Crippen molar-refractivity contribution in [2.24, 2.45) is 13.0 Å². The van der Waals surface area contributed by atoms with Crippen LogP contribution in [-0.2, 0) is 35.3 Å². The molecule has 10 heteroatoms. The minimum Gasteiger partial charge on any atom is -0.352 e. The summed E-state index contributed by atoms with van der Waals surface area (Å²) in [4.78, 5) is 4.41. The number of alkyl halides is 6. The zero-order chi connectivity index (χ0) is 26.1. The summed E-state index contributed by atoms with van der Waals surface area (Å²) in [6.45, 7) is 1.77. The molecular formula is C26H26F6N2O2. The second-order valence-electron chi connectivity index (χ2n) is 9.00. The Bertz CT molecular complexity index is 1130. The molecule has 0 radical (unpaired) electrons. The largest absolute Gasteiger partial charge is 0.416 e. The summed E-state index contributed by atoms with van der Waals surface area (Å²) in [5.74, 6) is 0.598. The SMILES string of the molecule is C[C@@H](O[C@H]1OCC[C@@H](Cc2nccn2C)[C@@H]1c1ccccc1)c1cc(C(F)(F)F)cc(C(F)(F)F)c1. The number of aryl methyl sites for hydroxylation is 1. The number of aromatic nitrogens is 2. The average Bonchev–Trinajstić information content (AvgIpc) is 3.22. The van der Waals surface area contributed by atoms with Crippen LogP contribution >= 0.6 is 0 Å². The first kappa shape index (κ1) is 26.2. The Morgan fingerprint density at radius 1 is 1.03 bits per heavy atom. The molecule has 4 atom stereocenters. The first-order chi connectivity index (χ1) is 16.9. The summed E-state index contributed by atoms with van der Waals surface area (Å²) in [7, 11) is 1.89. The van der Waals surface area contributed by atoms with E-state index in [1.807, 2.05) is 48.1 Å². The van der Waals surface area contributed by atoms with Crippen LogP contribution in [0.3, 0.4) is 0 Å². The van der Waals surface area contributed by atoms with Gasteiger partial charge in [0, 0.05) is 31.8 Å². The number of nitrogens with zero attached hydrogens (tertiary/aromatic N) is 2. The standard InChI is InChI=1S/C26H26F6N2O2/c1-16(19-12-20(25(27,28)29)15-21(13-19)26(30,31)32)36-24-23(17-6-4-3-5-7-17)18(8-11-35-24)14-22-33-9-10-34(22)2/h3-7,9-10,12-13,15-16,18,23-24H,8,11,14H2,1-2H3/t16-,18+,23+,24-/m1/s1. The molecule has 1 aliphatic rings. The van der Waals surface area contributed by atoms with Gasteiger partial charge in [-0.15, -0.1) is 0 Å². The van der Waals surface area contributed by atoms with Gasteiger partial charge in [-0.2, -0.15) is 26.3 Å². The van der Waals surface area contributed by atoms with E-state index in [2.05, 4.69) is 4.98 Å². The quantitative estimate of drug-likeness (QED) is 0.336. The van der Waals surface area contributed by atoms with Gasteiger partial charge in [0.1, 0.15) is 5.82 Å². The lowest BCUT2D eigenvalue weighted by Crippen LogP contribution is -2.38. The Morgan fingerprint density at radius 3 is 2.22 bits per heavy atom. The molecule has 0 amide bonds. The van der Waals surface area contributed by atoms with Crippen LogP contribution in [0.2, 0.25) is 0 Å². The molecule has 0 saturated carbocycles. The van der Waals surface area contributed by atoms with E-state index in [0.29, 0.717) is 31.6 Å². The fourth-order valence-electron chi connectivity index (χ4n) is 4.62. The van der Waals surface area contributed by atoms with E-state index in [9.17, 15) is 26.3 Å². The van der Waals surface area contributed by atoms with Crippen molar-refractivity contribution in [2.45, 2.75) is 50.4 Å². The predicted octanol–water partition coefficient (Wildman–Crippen LogP) is 6.92. The van der Waals surface area contributed by atoms with E-state index in [1.165, 1.54) is 6.92 Å². The van der Waals surface area contributed by atoms with Crippen LogP contribution in [0.25, 0.3) is 0 Å². The highest BCUT2D eigenvalue weighted by atomic mass is 19.4. The van der Waals surface area contributed by atoms with E-state index in [0.717, 1.165) is 11.4 Å². The molecule has 0 spiro atoms. The molecule has 1 aromatic heterocycles. The van der Waals surface area contributed by atoms with Crippen molar-refractivity contribution >= 4 is 0 Å². The van der Waals surface area contributed by atoms with Gasteiger partial charge in [-0.1, -0.05) is 30.3 Å². The molecule has 0 N–H and O–H groups in total. The van der Waals surface area contributed by atoms with Crippen molar-refractivity contribution in [3.63, 3.8) is 0 Å². The minimum atomic E-state index is -4.93. The molecule has 36 heavy (non-hydrogen) atoms. The first-order valence-electron chi connectivity index (χ1n) is 11.5. The number of hydrogen-bond donors (Lipinski definition) is 0. The summed E-state index contributed by atoms with van der Waals surface area (Å²) >= 11 is 0. The van der Waals surface area contributed by atoms with E-state index in [-0.39, 0.29) is 23.5 Å². The van der Waals surface area contributed by atoms with Crippen molar-refractivity contribution in [1.82, 2.24) is 9.55 Å². The summed E-state index contributed by atoms with van der Waals surface area (Å²) in [5.41, 5.74) is -2.06. The Labute approximate surface area is 204 Å². The maximum atomic E-state index is 13.4. The molecule has 0 aliphatic carbocycles. The number of ether oxygens (including phenoxy) is 2. The van der Waals surface area contributed by atoms with Crippen LogP contribution in [0.5, 0.6) is 0 Å². The van der Waals surface area contributed by atoms with Gasteiger partial charge in [0.2, 0.25) is 0 Å². The van der Waals surface area contributed by atoms with Crippen molar-refractivity contribution < 1.29 is 35.8 Å². The molecule has 1 saturated heterocycles. The van der Waals surface area contributed by atoms with Gasteiger partial charge in [0.15, 0.2) is 6.29 Å². The molecule has 1 aliphatic heterocycles. The topological polar surface area (TPSA) is 36.3 Å². The Kier molecular flexibility index (Phi) is 7.47. The smallest absolute Gasteiger partial charge is 0.352 e. The van der Waals surface area contributed by atoms with Crippen LogP contribution < -0.4 is 0 Å². The van der Waals surface area contributed by atoms with Crippen molar-refractivity contribution in [3.05, 3.63) is 89.0 Å². The fraction of sp³-hybridized carbons (Fsp3) is 0.423. The van der Waals surface area contributed by atoms with Crippen molar-refractivity contribution in [1.29, 1.82) is 0 Å². The molecule has 2 heterocycles. The first-order valence-corrected chi connectivity index (χ1v) is 11.5. The Hall–Kier alpha value is -2.85. The molecule has 1 fully saturated rings. The lowest BCUT2D eigenvalue weighted by atomic mass is 9.79. The molecule has 4 rings (SSSR count). The molecule has 0 unspecified atom stereocenters. The van der Waals surface area contributed by atoms with Gasteiger partial charge in [-0.3, -0.25) is 0 Å². The molecule has 4 nitrogen and oxygen atoms in total. The summed E-state index contributed by atoms with van der Waals surface area (Å²) < 4.78 is 94.1. The number of hydrogen-bond acceptors (Lipinski definition) is 3. The minimum absolute atomic E-state index is 0.0340. The monoisotopic (exact) mass is 512 g/mol. The second kappa shape index (κ2) is 10.3. The number of halogens is 6. The van der Waals surface area contributed by atoms with Crippen LogP contribution in [0.4, 0.5) is 26.3 Å².